The normalized spacial score (nSPS) is 10.5. The van der Waals surface area contributed by atoms with Gasteiger partial charge in [-0.2, -0.15) is 5.10 Å². The van der Waals surface area contributed by atoms with Crippen molar-refractivity contribution in [1.29, 1.82) is 0 Å². The lowest BCUT2D eigenvalue weighted by molar-refractivity contribution is 0.450. The molecule has 0 aliphatic rings. The molecule has 2 aromatic heterocycles. The van der Waals surface area contributed by atoms with Crippen LogP contribution in [0, 0.1) is 13.8 Å². The van der Waals surface area contributed by atoms with E-state index in [0.717, 1.165) is 11.1 Å². The lowest BCUT2D eigenvalue weighted by atomic mass is 10.2. The quantitative estimate of drug-likeness (QED) is 0.806. The molecule has 84 valence electrons. The van der Waals surface area contributed by atoms with E-state index in [1.54, 1.807) is 17.1 Å². The van der Waals surface area contributed by atoms with Crippen LogP contribution in [0.1, 0.15) is 11.1 Å². The zero-order valence-corrected chi connectivity index (χ0v) is 9.99. The Bertz CT molecular complexity index is 524. The highest BCUT2D eigenvalue weighted by Crippen LogP contribution is 2.26. The fraction of sp³-hybridized carbons (Fsp3) is 0.300. The molecule has 0 unspecified atom stereocenters. The largest absolute Gasteiger partial charge is 0.434 e. The standard InChI is InChI=1S/C10H11ClN4O/c1-6-7(2)10(14-13-9(6)11)16-8-4-12-15(3)5-8/h4-5H,1-3H3. The second kappa shape index (κ2) is 4.09. The van der Waals surface area contributed by atoms with Crippen LogP contribution in [-0.4, -0.2) is 20.0 Å². The molecule has 0 spiro atoms. The van der Waals surface area contributed by atoms with Gasteiger partial charge in [-0.15, -0.1) is 10.2 Å². The molecule has 16 heavy (non-hydrogen) atoms. The molecule has 0 aromatic carbocycles. The van der Waals surface area contributed by atoms with E-state index in [1.165, 1.54) is 0 Å². The second-order valence-corrected chi connectivity index (χ2v) is 3.86. The fourth-order valence-electron chi connectivity index (χ4n) is 1.21. The summed E-state index contributed by atoms with van der Waals surface area (Å²) in [5, 5.41) is 12.1. The molecule has 0 fully saturated rings. The van der Waals surface area contributed by atoms with Crippen molar-refractivity contribution in [2.24, 2.45) is 7.05 Å². The average molecular weight is 239 g/mol. The van der Waals surface area contributed by atoms with Crippen molar-refractivity contribution < 1.29 is 4.74 Å². The Morgan fingerprint density at radius 1 is 1.25 bits per heavy atom. The van der Waals surface area contributed by atoms with E-state index >= 15 is 0 Å². The van der Waals surface area contributed by atoms with Crippen LogP contribution in [0.2, 0.25) is 5.15 Å². The van der Waals surface area contributed by atoms with Crippen LogP contribution in [0.15, 0.2) is 12.4 Å². The molecule has 5 nitrogen and oxygen atoms in total. The summed E-state index contributed by atoms with van der Waals surface area (Å²) in [6.07, 6.45) is 3.37. The van der Waals surface area contributed by atoms with Crippen LogP contribution in [0.4, 0.5) is 0 Å². The summed E-state index contributed by atoms with van der Waals surface area (Å²) < 4.78 is 7.20. The van der Waals surface area contributed by atoms with Crippen LogP contribution in [0.3, 0.4) is 0 Å². The molecule has 0 saturated carbocycles. The number of ether oxygens (including phenoxy) is 1. The number of rotatable bonds is 2. The Hall–Kier alpha value is -1.62. The van der Waals surface area contributed by atoms with Gasteiger partial charge in [-0.25, -0.2) is 0 Å². The summed E-state index contributed by atoms with van der Waals surface area (Å²) in [5.41, 5.74) is 1.75. The van der Waals surface area contributed by atoms with Gasteiger partial charge in [0.2, 0.25) is 5.88 Å². The Morgan fingerprint density at radius 2 is 2.00 bits per heavy atom. The topological polar surface area (TPSA) is 52.8 Å². The third kappa shape index (κ3) is 1.99. The van der Waals surface area contributed by atoms with Crippen molar-refractivity contribution in [3.05, 3.63) is 28.7 Å². The maximum absolute atomic E-state index is 5.85. The summed E-state index contributed by atoms with van der Waals surface area (Å²) >= 11 is 5.85. The van der Waals surface area contributed by atoms with E-state index in [1.807, 2.05) is 20.9 Å². The molecular formula is C10H11ClN4O. The Morgan fingerprint density at radius 3 is 2.62 bits per heavy atom. The minimum absolute atomic E-state index is 0.399. The number of halogens is 1. The van der Waals surface area contributed by atoms with E-state index in [9.17, 15) is 0 Å². The molecule has 0 bridgehead atoms. The Balaban J connectivity index is 2.32. The molecule has 2 heterocycles. The van der Waals surface area contributed by atoms with Gasteiger partial charge in [-0.3, -0.25) is 4.68 Å². The molecule has 0 radical (unpaired) electrons. The van der Waals surface area contributed by atoms with E-state index < -0.39 is 0 Å². The predicted octanol–water partition coefficient (Wildman–Crippen LogP) is 2.27. The fourth-order valence-corrected chi connectivity index (χ4v) is 1.39. The Labute approximate surface area is 98.0 Å². The SMILES string of the molecule is Cc1c(Cl)nnc(Oc2cnn(C)c2)c1C. The number of hydrogen-bond acceptors (Lipinski definition) is 4. The molecule has 2 aromatic rings. The molecule has 0 aliphatic carbocycles. The van der Waals surface area contributed by atoms with Gasteiger partial charge in [-0.05, 0) is 19.4 Å². The van der Waals surface area contributed by atoms with Crippen molar-refractivity contribution >= 4 is 11.6 Å². The summed E-state index contributed by atoms with van der Waals surface area (Å²) in [6, 6.07) is 0. The number of aromatic nitrogens is 4. The lowest BCUT2D eigenvalue weighted by Gasteiger charge is -2.07. The van der Waals surface area contributed by atoms with Gasteiger partial charge < -0.3 is 4.74 Å². The van der Waals surface area contributed by atoms with Gasteiger partial charge in [0.1, 0.15) is 0 Å². The third-order valence-corrected chi connectivity index (χ3v) is 2.68. The average Bonchev–Trinajstić information content (AvgIpc) is 2.65. The van der Waals surface area contributed by atoms with Gasteiger partial charge in [0.05, 0.1) is 12.4 Å². The highest BCUT2D eigenvalue weighted by atomic mass is 35.5. The highest BCUT2D eigenvalue weighted by molar-refractivity contribution is 6.30. The molecule has 2 rings (SSSR count). The van der Waals surface area contributed by atoms with Crippen LogP contribution in [0.25, 0.3) is 0 Å². The summed E-state index contributed by atoms with van der Waals surface area (Å²) in [7, 11) is 1.82. The first-order valence-corrected chi connectivity index (χ1v) is 5.11. The molecule has 0 aliphatic heterocycles. The van der Waals surface area contributed by atoms with Gasteiger partial charge in [0, 0.05) is 12.6 Å². The first kappa shape index (κ1) is 10.9. The van der Waals surface area contributed by atoms with Crippen LogP contribution < -0.4 is 4.74 Å². The third-order valence-electron chi connectivity index (χ3n) is 2.32. The van der Waals surface area contributed by atoms with E-state index in [4.69, 9.17) is 16.3 Å². The van der Waals surface area contributed by atoms with Crippen molar-refractivity contribution in [3.63, 3.8) is 0 Å². The minimum Gasteiger partial charge on any atom is -0.434 e. The lowest BCUT2D eigenvalue weighted by Crippen LogP contribution is -1.97. The van der Waals surface area contributed by atoms with Gasteiger partial charge in [-0.1, -0.05) is 11.6 Å². The highest BCUT2D eigenvalue weighted by Gasteiger charge is 2.10. The molecule has 0 amide bonds. The first-order chi connectivity index (χ1) is 7.58. The molecular weight excluding hydrogens is 228 g/mol. The van der Waals surface area contributed by atoms with E-state index in [0.29, 0.717) is 16.8 Å². The van der Waals surface area contributed by atoms with E-state index in [2.05, 4.69) is 15.3 Å². The van der Waals surface area contributed by atoms with Crippen molar-refractivity contribution in [2.75, 3.05) is 0 Å². The number of aryl methyl sites for hydroxylation is 1. The minimum atomic E-state index is 0.399. The molecule has 0 N–H and O–H groups in total. The number of hydrogen-bond donors (Lipinski definition) is 0. The zero-order chi connectivity index (χ0) is 11.7. The Kier molecular flexibility index (Phi) is 2.78. The van der Waals surface area contributed by atoms with Crippen LogP contribution in [-0.2, 0) is 7.05 Å². The van der Waals surface area contributed by atoms with Gasteiger partial charge in [0.25, 0.3) is 0 Å². The van der Waals surface area contributed by atoms with Gasteiger partial charge in [0.15, 0.2) is 10.9 Å². The zero-order valence-electron chi connectivity index (χ0n) is 9.23. The molecule has 0 saturated heterocycles. The first-order valence-electron chi connectivity index (χ1n) is 4.74. The summed E-state index contributed by atoms with van der Waals surface area (Å²) in [4.78, 5) is 0. The summed E-state index contributed by atoms with van der Waals surface area (Å²) in [6.45, 7) is 3.77. The maximum Gasteiger partial charge on any atom is 0.242 e. The van der Waals surface area contributed by atoms with Crippen molar-refractivity contribution in [3.8, 4) is 11.6 Å². The monoisotopic (exact) mass is 238 g/mol. The van der Waals surface area contributed by atoms with Crippen molar-refractivity contribution in [2.45, 2.75) is 13.8 Å². The smallest absolute Gasteiger partial charge is 0.242 e. The summed E-state index contributed by atoms with van der Waals surface area (Å²) in [5.74, 6) is 1.08. The predicted molar refractivity (Wildman–Crippen MR) is 59.8 cm³/mol. The molecule has 0 atom stereocenters. The maximum atomic E-state index is 5.85. The van der Waals surface area contributed by atoms with Gasteiger partial charge >= 0.3 is 0 Å². The van der Waals surface area contributed by atoms with E-state index in [-0.39, 0.29) is 0 Å². The van der Waals surface area contributed by atoms with Crippen LogP contribution >= 0.6 is 11.6 Å². The molecule has 6 heteroatoms. The second-order valence-electron chi connectivity index (χ2n) is 3.50. The number of nitrogens with zero attached hydrogens (tertiary/aromatic N) is 4. The van der Waals surface area contributed by atoms with Crippen molar-refractivity contribution in [1.82, 2.24) is 20.0 Å². The van der Waals surface area contributed by atoms with Crippen LogP contribution in [0.5, 0.6) is 11.6 Å².